The SMILES string of the molecule is COc1cccc(Cc2nccc(Nc3ccc4[nH]c(C)cc4c3)n2)c1. The van der Waals surface area contributed by atoms with Crippen LogP contribution in [0.25, 0.3) is 10.9 Å². The maximum absolute atomic E-state index is 5.28. The van der Waals surface area contributed by atoms with E-state index in [4.69, 9.17) is 4.74 Å². The summed E-state index contributed by atoms with van der Waals surface area (Å²) in [6.45, 7) is 2.06. The Morgan fingerprint density at radius 1 is 1.08 bits per heavy atom. The molecule has 0 aliphatic rings. The third-order valence-electron chi connectivity index (χ3n) is 4.23. The number of anilines is 2. The van der Waals surface area contributed by atoms with Crippen LogP contribution in [-0.2, 0) is 6.42 Å². The third-order valence-corrected chi connectivity index (χ3v) is 4.23. The van der Waals surface area contributed by atoms with Gasteiger partial charge in [0, 0.05) is 34.9 Å². The van der Waals surface area contributed by atoms with Gasteiger partial charge in [0.15, 0.2) is 0 Å². The molecule has 130 valence electrons. The molecule has 26 heavy (non-hydrogen) atoms. The average molecular weight is 344 g/mol. The first-order valence-corrected chi connectivity index (χ1v) is 8.51. The molecule has 4 aromatic rings. The van der Waals surface area contributed by atoms with E-state index in [1.807, 2.05) is 36.4 Å². The van der Waals surface area contributed by atoms with Crippen LogP contribution in [0.5, 0.6) is 5.75 Å². The lowest BCUT2D eigenvalue weighted by atomic mass is 10.1. The second-order valence-electron chi connectivity index (χ2n) is 6.27. The van der Waals surface area contributed by atoms with Crippen molar-refractivity contribution in [3.8, 4) is 5.75 Å². The minimum absolute atomic E-state index is 0.656. The largest absolute Gasteiger partial charge is 0.497 e. The lowest BCUT2D eigenvalue weighted by Crippen LogP contribution is -2.00. The lowest BCUT2D eigenvalue weighted by molar-refractivity contribution is 0.414. The normalized spacial score (nSPS) is 10.8. The Morgan fingerprint density at radius 3 is 2.88 bits per heavy atom. The van der Waals surface area contributed by atoms with Gasteiger partial charge in [0.1, 0.15) is 17.4 Å². The van der Waals surface area contributed by atoms with Crippen molar-refractivity contribution in [2.24, 2.45) is 0 Å². The van der Waals surface area contributed by atoms with Crippen LogP contribution in [0.2, 0.25) is 0 Å². The van der Waals surface area contributed by atoms with Crippen LogP contribution >= 0.6 is 0 Å². The van der Waals surface area contributed by atoms with Gasteiger partial charge in [-0.05, 0) is 55.0 Å². The summed E-state index contributed by atoms with van der Waals surface area (Å²) < 4.78 is 5.28. The number of aromatic nitrogens is 3. The number of fused-ring (bicyclic) bond motifs is 1. The Hall–Kier alpha value is -3.34. The van der Waals surface area contributed by atoms with E-state index in [1.165, 1.54) is 5.39 Å². The zero-order valence-corrected chi connectivity index (χ0v) is 14.8. The smallest absolute Gasteiger partial charge is 0.135 e. The van der Waals surface area contributed by atoms with E-state index in [0.29, 0.717) is 6.42 Å². The van der Waals surface area contributed by atoms with Crippen LogP contribution in [0.15, 0.2) is 60.8 Å². The van der Waals surface area contributed by atoms with Crippen molar-refractivity contribution < 1.29 is 4.74 Å². The van der Waals surface area contributed by atoms with Crippen molar-refractivity contribution >= 4 is 22.4 Å². The van der Waals surface area contributed by atoms with Gasteiger partial charge in [0.2, 0.25) is 0 Å². The quantitative estimate of drug-likeness (QED) is 0.555. The van der Waals surface area contributed by atoms with Crippen LogP contribution in [0.4, 0.5) is 11.5 Å². The molecule has 0 aliphatic heterocycles. The third kappa shape index (κ3) is 3.52. The van der Waals surface area contributed by atoms with Crippen molar-refractivity contribution in [1.82, 2.24) is 15.0 Å². The summed E-state index contributed by atoms with van der Waals surface area (Å²) in [7, 11) is 1.67. The Bertz CT molecular complexity index is 1050. The molecule has 5 heteroatoms. The molecule has 5 nitrogen and oxygen atoms in total. The molecule has 2 heterocycles. The molecular formula is C21H20N4O. The number of nitrogens with zero attached hydrogens (tertiary/aromatic N) is 2. The zero-order chi connectivity index (χ0) is 17.9. The van der Waals surface area contributed by atoms with Crippen molar-refractivity contribution in [2.45, 2.75) is 13.3 Å². The van der Waals surface area contributed by atoms with E-state index in [9.17, 15) is 0 Å². The molecule has 2 N–H and O–H groups in total. The maximum atomic E-state index is 5.28. The van der Waals surface area contributed by atoms with Gasteiger partial charge >= 0.3 is 0 Å². The fourth-order valence-electron chi connectivity index (χ4n) is 3.02. The highest BCUT2D eigenvalue weighted by atomic mass is 16.5. The number of H-pyrrole nitrogens is 1. The number of aromatic amines is 1. The average Bonchev–Trinajstić information content (AvgIpc) is 3.01. The van der Waals surface area contributed by atoms with Gasteiger partial charge in [-0.25, -0.2) is 9.97 Å². The summed E-state index contributed by atoms with van der Waals surface area (Å²) >= 11 is 0. The molecule has 0 saturated carbocycles. The van der Waals surface area contributed by atoms with E-state index in [1.54, 1.807) is 13.3 Å². The summed E-state index contributed by atoms with van der Waals surface area (Å²) in [6.07, 6.45) is 2.44. The Balaban J connectivity index is 1.54. The van der Waals surface area contributed by atoms with Crippen molar-refractivity contribution in [2.75, 3.05) is 12.4 Å². The first kappa shape index (κ1) is 16.1. The number of methoxy groups -OCH3 is 1. The number of nitrogens with one attached hydrogen (secondary N) is 2. The molecule has 0 saturated heterocycles. The standard InChI is InChI=1S/C21H20N4O/c1-14-10-16-13-17(6-7-19(16)23-14)24-20-8-9-22-21(25-20)12-15-4-3-5-18(11-15)26-2/h3-11,13,23H,12H2,1-2H3,(H,22,24,25). The highest BCUT2D eigenvalue weighted by molar-refractivity contribution is 5.84. The van der Waals surface area contributed by atoms with Crippen LogP contribution in [-0.4, -0.2) is 22.1 Å². The number of aryl methyl sites for hydroxylation is 1. The number of rotatable bonds is 5. The van der Waals surface area contributed by atoms with E-state index < -0.39 is 0 Å². The molecule has 0 spiro atoms. The van der Waals surface area contributed by atoms with Crippen molar-refractivity contribution in [1.29, 1.82) is 0 Å². The first-order chi connectivity index (χ1) is 12.7. The fraction of sp³-hybridized carbons (Fsp3) is 0.143. The summed E-state index contributed by atoms with van der Waals surface area (Å²) in [4.78, 5) is 12.4. The van der Waals surface area contributed by atoms with Gasteiger partial charge in [-0.3, -0.25) is 0 Å². The molecule has 2 aromatic carbocycles. The van der Waals surface area contributed by atoms with Gasteiger partial charge in [-0.1, -0.05) is 12.1 Å². The van der Waals surface area contributed by atoms with Gasteiger partial charge in [-0.15, -0.1) is 0 Å². The molecule has 0 aliphatic carbocycles. The number of hydrogen-bond acceptors (Lipinski definition) is 4. The van der Waals surface area contributed by atoms with E-state index in [0.717, 1.165) is 39.9 Å². The molecule has 2 aromatic heterocycles. The second-order valence-corrected chi connectivity index (χ2v) is 6.27. The predicted octanol–water partition coefficient (Wildman–Crippen LogP) is 4.61. The molecular weight excluding hydrogens is 324 g/mol. The van der Waals surface area contributed by atoms with Gasteiger partial charge in [0.05, 0.1) is 7.11 Å². The molecule has 0 radical (unpaired) electrons. The summed E-state index contributed by atoms with van der Waals surface area (Å²) in [6, 6.07) is 18.2. The van der Waals surface area contributed by atoms with Crippen LogP contribution in [0.1, 0.15) is 17.1 Å². The van der Waals surface area contributed by atoms with Crippen molar-refractivity contribution in [3.05, 3.63) is 77.9 Å². The molecule has 0 fully saturated rings. The van der Waals surface area contributed by atoms with Crippen molar-refractivity contribution in [3.63, 3.8) is 0 Å². The molecule has 0 unspecified atom stereocenters. The van der Waals surface area contributed by atoms with E-state index >= 15 is 0 Å². The minimum atomic E-state index is 0.656. The van der Waals surface area contributed by atoms with E-state index in [2.05, 4.69) is 45.4 Å². The predicted molar refractivity (Wildman–Crippen MR) is 104 cm³/mol. The molecule has 0 amide bonds. The van der Waals surface area contributed by atoms with E-state index in [-0.39, 0.29) is 0 Å². The van der Waals surface area contributed by atoms with Crippen LogP contribution < -0.4 is 10.1 Å². The topological polar surface area (TPSA) is 62.8 Å². The summed E-state index contributed by atoms with van der Waals surface area (Å²) in [5.74, 6) is 2.39. The lowest BCUT2D eigenvalue weighted by Gasteiger charge is -2.08. The molecule has 0 atom stereocenters. The fourth-order valence-corrected chi connectivity index (χ4v) is 3.02. The molecule has 0 bridgehead atoms. The van der Waals surface area contributed by atoms with Crippen LogP contribution in [0, 0.1) is 6.92 Å². The number of benzene rings is 2. The monoisotopic (exact) mass is 344 g/mol. The second kappa shape index (κ2) is 6.88. The summed E-state index contributed by atoms with van der Waals surface area (Å²) in [5.41, 5.74) is 4.41. The maximum Gasteiger partial charge on any atom is 0.135 e. The first-order valence-electron chi connectivity index (χ1n) is 8.51. The molecule has 4 rings (SSSR count). The Kier molecular flexibility index (Phi) is 4.27. The highest BCUT2D eigenvalue weighted by Gasteiger charge is 2.05. The minimum Gasteiger partial charge on any atom is -0.497 e. The van der Waals surface area contributed by atoms with Crippen LogP contribution in [0.3, 0.4) is 0 Å². The Labute approximate surface area is 152 Å². The number of hydrogen-bond donors (Lipinski definition) is 2. The Morgan fingerprint density at radius 2 is 2.00 bits per heavy atom. The number of ether oxygens (including phenoxy) is 1. The summed E-state index contributed by atoms with van der Waals surface area (Å²) in [5, 5.41) is 4.54. The zero-order valence-electron chi connectivity index (χ0n) is 14.8. The van der Waals surface area contributed by atoms with Gasteiger partial charge in [-0.2, -0.15) is 0 Å². The highest BCUT2D eigenvalue weighted by Crippen LogP contribution is 2.22. The van der Waals surface area contributed by atoms with Gasteiger partial charge < -0.3 is 15.0 Å². The van der Waals surface area contributed by atoms with Gasteiger partial charge in [0.25, 0.3) is 0 Å².